The summed E-state index contributed by atoms with van der Waals surface area (Å²) in [5.41, 5.74) is 0.799. The van der Waals surface area contributed by atoms with Crippen LogP contribution in [-0.2, 0) is 4.79 Å². The summed E-state index contributed by atoms with van der Waals surface area (Å²) in [6, 6.07) is 11.0. The fourth-order valence-electron chi connectivity index (χ4n) is 2.68. The normalized spacial score (nSPS) is 15.8. The Kier molecular flexibility index (Phi) is 6.20. The van der Waals surface area contributed by atoms with Crippen molar-refractivity contribution in [3.05, 3.63) is 41.6 Å². The minimum atomic E-state index is -0.503. The monoisotopic (exact) mass is 308 g/mol. The highest BCUT2D eigenvalue weighted by Crippen LogP contribution is 2.18. The molecule has 1 aliphatic carbocycles. The molecule has 0 atom stereocenters. The van der Waals surface area contributed by atoms with Crippen LogP contribution < -0.4 is 10.6 Å². The van der Waals surface area contributed by atoms with Gasteiger partial charge in [-0.3, -0.25) is 4.79 Å². The number of hydrogen-bond donors (Lipinski definition) is 2. The number of anilines is 1. The molecule has 2 rings (SSSR count). The maximum Gasteiger partial charge on any atom is 0.267 e. The second-order valence-electron chi connectivity index (χ2n) is 5.64. The molecule has 1 aromatic carbocycles. The molecule has 0 heterocycles. The number of rotatable bonds is 4. The van der Waals surface area contributed by atoms with E-state index >= 15 is 0 Å². The third-order valence-electron chi connectivity index (χ3n) is 3.98. The molecule has 5 nitrogen and oxygen atoms in total. The van der Waals surface area contributed by atoms with Crippen LogP contribution in [0, 0.1) is 22.7 Å². The molecular weight excluding hydrogens is 288 g/mol. The highest BCUT2D eigenvalue weighted by atomic mass is 16.1. The summed E-state index contributed by atoms with van der Waals surface area (Å²) in [5, 5.41) is 24.1. The zero-order chi connectivity index (χ0) is 16.5. The van der Waals surface area contributed by atoms with E-state index in [1.54, 1.807) is 24.3 Å². The molecule has 118 valence electrons. The highest BCUT2D eigenvalue weighted by molar-refractivity contribution is 6.07. The second-order valence-corrected chi connectivity index (χ2v) is 5.64. The van der Waals surface area contributed by atoms with Crippen molar-refractivity contribution in [2.24, 2.45) is 0 Å². The number of benzene rings is 1. The Bertz CT molecular complexity index is 658. The van der Waals surface area contributed by atoms with Gasteiger partial charge in [-0.05, 0) is 25.0 Å². The van der Waals surface area contributed by atoms with Gasteiger partial charge in [-0.2, -0.15) is 10.5 Å². The van der Waals surface area contributed by atoms with Gasteiger partial charge in [0.2, 0.25) is 0 Å². The lowest BCUT2D eigenvalue weighted by Crippen LogP contribution is -2.25. The fraction of sp³-hybridized carbons (Fsp3) is 0.389. The maximum atomic E-state index is 12.2. The van der Waals surface area contributed by atoms with Gasteiger partial charge in [0, 0.05) is 12.2 Å². The van der Waals surface area contributed by atoms with E-state index in [0.29, 0.717) is 17.3 Å². The maximum absolute atomic E-state index is 12.2. The Morgan fingerprint density at radius 3 is 2.48 bits per heavy atom. The molecule has 0 aliphatic heterocycles. The molecule has 0 saturated heterocycles. The SMILES string of the molecule is N#C/C(=C/NC1CCCCCC1)C(=O)Nc1ccccc1C#N. The summed E-state index contributed by atoms with van der Waals surface area (Å²) in [7, 11) is 0. The minimum Gasteiger partial charge on any atom is -0.387 e. The summed E-state index contributed by atoms with van der Waals surface area (Å²) in [5.74, 6) is -0.503. The molecule has 1 aliphatic rings. The Hall–Kier alpha value is -2.79. The molecule has 23 heavy (non-hydrogen) atoms. The second kappa shape index (κ2) is 8.60. The molecule has 0 bridgehead atoms. The largest absolute Gasteiger partial charge is 0.387 e. The summed E-state index contributed by atoms with van der Waals surface area (Å²) in [6.45, 7) is 0. The third-order valence-corrected chi connectivity index (χ3v) is 3.98. The van der Waals surface area contributed by atoms with E-state index in [4.69, 9.17) is 5.26 Å². The number of nitrogens with zero attached hydrogens (tertiary/aromatic N) is 2. The molecule has 5 heteroatoms. The predicted octanol–water partition coefficient (Wildman–Crippen LogP) is 3.22. The Labute approximate surface area is 136 Å². The van der Waals surface area contributed by atoms with E-state index in [-0.39, 0.29) is 5.57 Å². The first kappa shape index (κ1) is 16.6. The average molecular weight is 308 g/mol. The molecule has 0 aromatic heterocycles. The van der Waals surface area contributed by atoms with E-state index in [9.17, 15) is 10.1 Å². The summed E-state index contributed by atoms with van der Waals surface area (Å²) < 4.78 is 0. The van der Waals surface area contributed by atoms with Crippen LogP contribution in [0.2, 0.25) is 0 Å². The van der Waals surface area contributed by atoms with Crippen molar-refractivity contribution >= 4 is 11.6 Å². The molecule has 1 saturated carbocycles. The number of hydrogen-bond acceptors (Lipinski definition) is 4. The highest BCUT2D eigenvalue weighted by Gasteiger charge is 2.14. The number of carbonyl (C=O) groups excluding carboxylic acids is 1. The van der Waals surface area contributed by atoms with Crippen molar-refractivity contribution in [2.45, 2.75) is 44.6 Å². The number of carbonyl (C=O) groups is 1. The van der Waals surface area contributed by atoms with Gasteiger partial charge < -0.3 is 10.6 Å². The van der Waals surface area contributed by atoms with E-state index in [0.717, 1.165) is 12.8 Å². The van der Waals surface area contributed by atoms with E-state index in [1.807, 2.05) is 12.1 Å². The lowest BCUT2D eigenvalue weighted by atomic mass is 10.1. The summed E-state index contributed by atoms with van der Waals surface area (Å²) in [4.78, 5) is 12.2. The third kappa shape index (κ3) is 4.86. The molecule has 2 N–H and O–H groups in total. The van der Waals surface area contributed by atoms with Crippen LogP contribution in [0.1, 0.15) is 44.1 Å². The molecule has 1 fully saturated rings. The number of nitriles is 2. The Morgan fingerprint density at radius 1 is 1.13 bits per heavy atom. The standard InChI is InChI=1S/C18H20N4O/c19-11-14-7-5-6-10-17(14)22-18(23)15(12-20)13-21-16-8-3-1-2-4-9-16/h5-7,10,13,16,21H,1-4,8-9H2,(H,22,23)/b15-13-. The first-order valence-corrected chi connectivity index (χ1v) is 7.91. The van der Waals surface area contributed by atoms with Gasteiger partial charge in [-0.15, -0.1) is 0 Å². The number of nitrogens with one attached hydrogen (secondary N) is 2. The predicted molar refractivity (Wildman–Crippen MR) is 88.1 cm³/mol. The van der Waals surface area contributed by atoms with Crippen molar-refractivity contribution in [1.82, 2.24) is 5.32 Å². The van der Waals surface area contributed by atoms with Crippen LogP contribution in [0.25, 0.3) is 0 Å². The smallest absolute Gasteiger partial charge is 0.267 e. The van der Waals surface area contributed by atoms with Gasteiger partial charge in [-0.25, -0.2) is 0 Å². The van der Waals surface area contributed by atoms with Crippen LogP contribution in [0.15, 0.2) is 36.0 Å². The molecule has 0 radical (unpaired) electrons. The van der Waals surface area contributed by atoms with Gasteiger partial charge >= 0.3 is 0 Å². The van der Waals surface area contributed by atoms with Crippen LogP contribution in [-0.4, -0.2) is 11.9 Å². The average Bonchev–Trinajstić information content (AvgIpc) is 2.85. The van der Waals surface area contributed by atoms with Crippen molar-refractivity contribution in [3.8, 4) is 12.1 Å². The van der Waals surface area contributed by atoms with E-state index < -0.39 is 5.91 Å². The topological polar surface area (TPSA) is 88.7 Å². The zero-order valence-electron chi connectivity index (χ0n) is 13.0. The lowest BCUT2D eigenvalue weighted by Gasteiger charge is -2.14. The zero-order valence-corrected chi connectivity index (χ0v) is 13.0. The Morgan fingerprint density at radius 2 is 1.83 bits per heavy atom. The van der Waals surface area contributed by atoms with Gasteiger partial charge in [0.25, 0.3) is 5.91 Å². The number of amides is 1. The van der Waals surface area contributed by atoms with Gasteiger partial charge in [-0.1, -0.05) is 37.8 Å². The molecule has 1 aromatic rings. The van der Waals surface area contributed by atoms with E-state index in [2.05, 4.69) is 10.6 Å². The van der Waals surface area contributed by atoms with Crippen molar-refractivity contribution < 1.29 is 4.79 Å². The minimum absolute atomic E-state index is 0.0157. The van der Waals surface area contributed by atoms with Crippen LogP contribution >= 0.6 is 0 Å². The fourth-order valence-corrected chi connectivity index (χ4v) is 2.68. The van der Waals surface area contributed by atoms with Crippen molar-refractivity contribution in [1.29, 1.82) is 10.5 Å². The summed E-state index contributed by atoms with van der Waals surface area (Å²) >= 11 is 0. The van der Waals surface area contributed by atoms with E-state index in [1.165, 1.54) is 31.9 Å². The van der Waals surface area contributed by atoms with Crippen molar-refractivity contribution in [3.63, 3.8) is 0 Å². The molecule has 1 amide bonds. The van der Waals surface area contributed by atoms with Crippen molar-refractivity contribution in [2.75, 3.05) is 5.32 Å². The Balaban J connectivity index is 2.02. The molecule has 0 unspecified atom stereocenters. The lowest BCUT2D eigenvalue weighted by molar-refractivity contribution is -0.112. The molecular formula is C18H20N4O. The van der Waals surface area contributed by atoms with Gasteiger partial charge in [0.1, 0.15) is 17.7 Å². The van der Waals surface area contributed by atoms with Gasteiger partial charge in [0.15, 0.2) is 0 Å². The first-order valence-electron chi connectivity index (χ1n) is 7.91. The van der Waals surface area contributed by atoms with Crippen LogP contribution in [0.4, 0.5) is 5.69 Å². The quantitative estimate of drug-likeness (QED) is 0.508. The molecule has 0 spiro atoms. The van der Waals surface area contributed by atoms with Gasteiger partial charge in [0.05, 0.1) is 11.3 Å². The summed E-state index contributed by atoms with van der Waals surface area (Å²) in [6.07, 6.45) is 8.48. The first-order chi connectivity index (χ1) is 11.2. The van der Waals surface area contributed by atoms with Crippen LogP contribution in [0.5, 0.6) is 0 Å². The number of para-hydroxylation sites is 1. The van der Waals surface area contributed by atoms with Crippen LogP contribution in [0.3, 0.4) is 0 Å².